The topological polar surface area (TPSA) is 56.7 Å². The minimum Gasteiger partial charge on any atom is -0.318 e. The lowest BCUT2D eigenvalue weighted by Crippen LogP contribution is -2.19. The molecule has 108 valence electrons. The van der Waals surface area contributed by atoms with E-state index < -0.39 is 17.8 Å². The van der Waals surface area contributed by atoms with E-state index in [0.29, 0.717) is 22.4 Å². The van der Waals surface area contributed by atoms with E-state index in [9.17, 15) is 13.2 Å². The van der Waals surface area contributed by atoms with E-state index >= 15 is 0 Å². The van der Waals surface area contributed by atoms with Crippen LogP contribution in [0, 0.1) is 0 Å². The summed E-state index contributed by atoms with van der Waals surface area (Å²) in [4.78, 5) is 3.81. The molecule has 0 fully saturated rings. The minimum atomic E-state index is -4.40. The number of pyridine rings is 1. The molecule has 8 heteroatoms. The van der Waals surface area contributed by atoms with Crippen molar-refractivity contribution in [2.24, 2.45) is 5.73 Å². The Morgan fingerprint density at radius 1 is 1.35 bits per heavy atom. The Labute approximate surface area is 121 Å². The molecule has 0 aliphatic rings. The Hall–Kier alpha value is -1.41. The van der Waals surface area contributed by atoms with Gasteiger partial charge in [0, 0.05) is 12.7 Å². The van der Waals surface area contributed by atoms with Crippen LogP contribution >= 0.6 is 15.9 Å². The van der Waals surface area contributed by atoms with E-state index in [-0.39, 0.29) is 0 Å². The van der Waals surface area contributed by atoms with Crippen LogP contribution in [0.4, 0.5) is 13.2 Å². The highest BCUT2D eigenvalue weighted by atomic mass is 79.9. The summed E-state index contributed by atoms with van der Waals surface area (Å²) in [5, 5.41) is 4.12. The van der Waals surface area contributed by atoms with Gasteiger partial charge in [-0.05, 0) is 35.0 Å². The summed E-state index contributed by atoms with van der Waals surface area (Å²) in [7, 11) is 0. The van der Waals surface area contributed by atoms with Crippen LogP contribution in [0.3, 0.4) is 0 Å². The molecular weight excluding hydrogens is 337 g/mol. The Kier molecular flexibility index (Phi) is 4.14. The maximum atomic E-state index is 12.5. The fourth-order valence-corrected chi connectivity index (χ4v) is 2.37. The number of nitrogens with zero attached hydrogens (tertiary/aromatic N) is 3. The highest BCUT2D eigenvalue weighted by Crippen LogP contribution is 2.30. The first-order valence-corrected chi connectivity index (χ1v) is 6.63. The molecule has 1 unspecified atom stereocenters. The molecule has 4 nitrogen and oxygen atoms in total. The molecule has 0 saturated heterocycles. The van der Waals surface area contributed by atoms with Crippen molar-refractivity contribution < 1.29 is 13.2 Å². The third-order valence-electron chi connectivity index (χ3n) is 2.86. The van der Waals surface area contributed by atoms with Crippen LogP contribution in [0.15, 0.2) is 29.0 Å². The van der Waals surface area contributed by atoms with Gasteiger partial charge in [0.1, 0.15) is 0 Å². The second-order valence-electron chi connectivity index (χ2n) is 4.14. The van der Waals surface area contributed by atoms with Gasteiger partial charge >= 0.3 is 6.18 Å². The second-order valence-corrected chi connectivity index (χ2v) is 5.00. The number of hydrogen-bond donors (Lipinski definition) is 1. The zero-order chi connectivity index (χ0) is 14.9. The maximum Gasteiger partial charge on any atom is 0.417 e. The molecule has 1 atom stereocenters. The lowest BCUT2D eigenvalue weighted by molar-refractivity contribution is -0.137. The molecule has 0 bridgehead atoms. The van der Waals surface area contributed by atoms with Crippen molar-refractivity contribution in [3.05, 3.63) is 46.0 Å². The Bertz CT molecular complexity index is 592. The summed E-state index contributed by atoms with van der Waals surface area (Å²) >= 11 is 3.33. The molecule has 0 aliphatic carbocycles. The molecule has 0 radical (unpaired) electrons. The zero-order valence-electron chi connectivity index (χ0n) is 10.5. The molecule has 2 aromatic heterocycles. The van der Waals surface area contributed by atoms with Gasteiger partial charge in [-0.15, -0.1) is 0 Å². The van der Waals surface area contributed by atoms with Crippen molar-refractivity contribution in [1.82, 2.24) is 14.8 Å². The fraction of sp³-hybridized carbons (Fsp3) is 0.333. The predicted molar refractivity (Wildman–Crippen MR) is 70.9 cm³/mol. The van der Waals surface area contributed by atoms with Gasteiger partial charge in [0.25, 0.3) is 0 Å². The summed E-state index contributed by atoms with van der Waals surface area (Å²) in [6.45, 7) is 2.51. The first-order chi connectivity index (χ1) is 9.34. The molecule has 0 spiro atoms. The summed E-state index contributed by atoms with van der Waals surface area (Å²) in [5.74, 6) is 0. The molecule has 0 saturated carbocycles. The van der Waals surface area contributed by atoms with Gasteiger partial charge in [-0.3, -0.25) is 9.67 Å². The number of aryl methyl sites for hydroxylation is 1. The second kappa shape index (κ2) is 5.53. The predicted octanol–water partition coefficient (Wildman–Crippen LogP) is 3.13. The third kappa shape index (κ3) is 2.85. The fourth-order valence-electron chi connectivity index (χ4n) is 1.83. The van der Waals surface area contributed by atoms with Crippen LogP contribution in [-0.4, -0.2) is 14.8 Å². The normalized spacial score (nSPS) is 13.5. The SMILES string of the molecule is CCn1ncc(Br)c1C(N)c1ccc(C(F)(F)F)cn1. The largest absolute Gasteiger partial charge is 0.417 e. The van der Waals surface area contributed by atoms with Crippen molar-refractivity contribution in [3.8, 4) is 0 Å². The first kappa shape index (κ1) is 15.0. The van der Waals surface area contributed by atoms with E-state index in [4.69, 9.17) is 5.73 Å². The Morgan fingerprint density at radius 3 is 2.55 bits per heavy atom. The molecule has 0 amide bonds. The molecule has 2 heterocycles. The van der Waals surface area contributed by atoms with Crippen molar-refractivity contribution in [3.63, 3.8) is 0 Å². The first-order valence-electron chi connectivity index (χ1n) is 5.84. The number of hydrogen-bond acceptors (Lipinski definition) is 3. The summed E-state index contributed by atoms with van der Waals surface area (Å²) in [6.07, 6.45) is -2.01. The van der Waals surface area contributed by atoms with E-state index in [2.05, 4.69) is 26.0 Å². The van der Waals surface area contributed by atoms with Gasteiger partial charge in [-0.1, -0.05) is 0 Å². The van der Waals surface area contributed by atoms with Gasteiger partial charge < -0.3 is 5.73 Å². The highest BCUT2D eigenvalue weighted by molar-refractivity contribution is 9.10. The number of alkyl halides is 3. The lowest BCUT2D eigenvalue weighted by atomic mass is 10.1. The summed E-state index contributed by atoms with van der Waals surface area (Å²) in [6, 6.07) is 1.62. The van der Waals surface area contributed by atoms with Crippen LogP contribution < -0.4 is 5.73 Å². The Morgan fingerprint density at radius 2 is 2.05 bits per heavy atom. The summed E-state index contributed by atoms with van der Waals surface area (Å²) < 4.78 is 39.8. The monoisotopic (exact) mass is 348 g/mol. The Balaban J connectivity index is 2.34. The quantitative estimate of drug-likeness (QED) is 0.926. The zero-order valence-corrected chi connectivity index (χ0v) is 12.1. The van der Waals surface area contributed by atoms with E-state index in [1.54, 1.807) is 10.9 Å². The minimum absolute atomic E-state index is 0.355. The van der Waals surface area contributed by atoms with Crippen LogP contribution in [0.5, 0.6) is 0 Å². The standard InChI is InChI=1S/C12H12BrF3N4/c1-2-20-11(8(13)6-19-20)10(17)9-4-3-7(5-18-9)12(14,15)16/h3-6,10H,2,17H2,1H3. The number of aromatic nitrogens is 3. The van der Waals surface area contributed by atoms with Gasteiger partial charge in [-0.25, -0.2) is 0 Å². The van der Waals surface area contributed by atoms with Gasteiger partial charge in [0.2, 0.25) is 0 Å². The molecule has 0 aromatic carbocycles. The van der Waals surface area contributed by atoms with Crippen molar-refractivity contribution in [1.29, 1.82) is 0 Å². The van der Waals surface area contributed by atoms with Crippen LogP contribution in [-0.2, 0) is 12.7 Å². The van der Waals surface area contributed by atoms with Crippen molar-refractivity contribution in [2.45, 2.75) is 25.7 Å². The van der Waals surface area contributed by atoms with Crippen LogP contribution in [0.1, 0.15) is 29.9 Å². The molecule has 2 aromatic rings. The van der Waals surface area contributed by atoms with Gasteiger partial charge in [0.05, 0.1) is 33.7 Å². The number of halogens is 4. The average molecular weight is 349 g/mol. The lowest BCUT2D eigenvalue weighted by Gasteiger charge is -2.14. The van der Waals surface area contributed by atoms with Gasteiger partial charge in [0.15, 0.2) is 0 Å². The third-order valence-corrected chi connectivity index (χ3v) is 3.47. The van der Waals surface area contributed by atoms with Crippen LogP contribution in [0.25, 0.3) is 0 Å². The van der Waals surface area contributed by atoms with E-state index in [1.165, 1.54) is 6.07 Å². The smallest absolute Gasteiger partial charge is 0.318 e. The molecule has 2 rings (SSSR count). The van der Waals surface area contributed by atoms with Crippen LogP contribution in [0.2, 0.25) is 0 Å². The van der Waals surface area contributed by atoms with Crippen molar-refractivity contribution in [2.75, 3.05) is 0 Å². The maximum absolute atomic E-state index is 12.5. The van der Waals surface area contributed by atoms with E-state index in [0.717, 1.165) is 12.3 Å². The summed E-state index contributed by atoms with van der Waals surface area (Å²) in [5.41, 5.74) is 6.30. The number of rotatable bonds is 3. The highest BCUT2D eigenvalue weighted by Gasteiger charge is 2.31. The molecule has 20 heavy (non-hydrogen) atoms. The molecular formula is C12H12BrF3N4. The van der Waals surface area contributed by atoms with Crippen molar-refractivity contribution >= 4 is 15.9 Å². The average Bonchev–Trinajstić information content (AvgIpc) is 2.78. The van der Waals surface area contributed by atoms with Gasteiger partial charge in [-0.2, -0.15) is 18.3 Å². The molecule has 0 aliphatic heterocycles. The van der Waals surface area contributed by atoms with E-state index in [1.807, 2.05) is 6.92 Å². The number of nitrogens with two attached hydrogens (primary N) is 1. The molecule has 2 N–H and O–H groups in total.